The number of aldehydes is 1. The second-order valence-electron chi connectivity index (χ2n) is 2.94. The fourth-order valence-electron chi connectivity index (χ4n) is 1.10. The molecule has 4 heteroatoms. The Bertz CT molecular complexity index is 447. The van der Waals surface area contributed by atoms with Crippen molar-refractivity contribution in [2.45, 2.75) is 6.92 Å². The van der Waals surface area contributed by atoms with Gasteiger partial charge in [0.1, 0.15) is 5.01 Å². The average Bonchev–Trinajstić information content (AvgIpc) is 2.67. The third-order valence-corrected chi connectivity index (χ3v) is 2.62. The normalized spacial score (nSPS) is 10.1. The molecule has 0 saturated heterocycles. The molecule has 0 atom stereocenters. The molecular formula is C10H8N2OS. The second kappa shape index (κ2) is 3.67. The van der Waals surface area contributed by atoms with Gasteiger partial charge in [0.25, 0.3) is 0 Å². The highest BCUT2D eigenvalue weighted by Gasteiger charge is 2.04. The summed E-state index contributed by atoms with van der Waals surface area (Å²) in [5.41, 5.74) is 2.20. The lowest BCUT2D eigenvalue weighted by molar-refractivity contribution is 0.111. The first-order chi connectivity index (χ1) is 6.79. The summed E-state index contributed by atoms with van der Waals surface area (Å²) in [6, 6.07) is 7.98. The molecule has 14 heavy (non-hydrogen) atoms. The molecule has 0 radical (unpaired) electrons. The van der Waals surface area contributed by atoms with Crippen LogP contribution in [0.25, 0.3) is 10.6 Å². The smallest absolute Gasteiger partial charge is 0.206 e. The molecule has 3 nitrogen and oxygen atoms in total. The van der Waals surface area contributed by atoms with Crippen LogP contribution in [0.1, 0.15) is 16.2 Å². The summed E-state index contributed by atoms with van der Waals surface area (Å²) in [7, 11) is 0. The van der Waals surface area contributed by atoms with E-state index in [1.165, 1.54) is 17.1 Å². The molecule has 0 fully saturated rings. The monoisotopic (exact) mass is 204 g/mol. The molecule has 0 bridgehead atoms. The first-order valence-electron chi connectivity index (χ1n) is 4.15. The maximum atomic E-state index is 10.4. The predicted molar refractivity (Wildman–Crippen MR) is 55.5 cm³/mol. The van der Waals surface area contributed by atoms with Crippen LogP contribution >= 0.6 is 11.5 Å². The van der Waals surface area contributed by atoms with Gasteiger partial charge in [-0.3, -0.25) is 4.79 Å². The van der Waals surface area contributed by atoms with E-state index >= 15 is 0 Å². The highest BCUT2D eigenvalue weighted by molar-refractivity contribution is 7.09. The van der Waals surface area contributed by atoms with Gasteiger partial charge in [-0.15, -0.1) is 0 Å². The zero-order chi connectivity index (χ0) is 9.97. The van der Waals surface area contributed by atoms with Gasteiger partial charge in [0.15, 0.2) is 6.29 Å². The number of nitrogens with zero attached hydrogens (tertiary/aromatic N) is 2. The van der Waals surface area contributed by atoms with Crippen LogP contribution in [-0.4, -0.2) is 15.6 Å². The molecule has 0 amide bonds. The fourth-order valence-corrected chi connectivity index (χ4v) is 1.74. The largest absolute Gasteiger partial charge is 0.294 e. The molecule has 0 aliphatic carbocycles. The molecule has 1 aromatic carbocycles. The summed E-state index contributed by atoms with van der Waals surface area (Å²) in [6.07, 6.45) is 0.661. The van der Waals surface area contributed by atoms with Crippen molar-refractivity contribution < 1.29 is 4.79 Å². The molecule has 1 aromatic heterocycles. The standard InChI is InChI=1S/C10H8N2OS/c1-7-2-4-8(5-3-7)10-11-9(6-13)12-14-10/h2-6H,1H3. The van der Waals surface area contributed by atoms with Crippen molar-refractivity contribution in [2.24, 2.45) is 0 Å². The summed E-state index contributed by atoms with van der Waals surface area (Å²) >= 11 is 1.24. The van der Waals surface area contributed by atoms with E-state index in [0.29, 0.717) is 6.29 Å². The van der Waals surface area contributed by atoms with Crippen LogP contribution in [-0.2, 0) is 0 Å². The van der Waals surface area contributed by atoms with Gasteiger partial charge in [-0.2, -0.15) is 4.37 Å². The molecule has 0 aliphatic rings. The van der Waals surface area contributed by atoms with Crippen molar-refractivity contribution in [1.82, 2.24) is 9.36 Å². The lowest BCUT2D eigenvalue weighted by Gasteiger charge is -1.94. The van der Waals surface area contributed by atoms with E-state index in [1.54, 1.807) is 0 Å². The van der Waals surface area contributed by atoms with E-state index in [1.807, 2.05) is 31.2 Å². The van der Waals surface area contributed by atoms with E-state index in [-0.39, 0.29) is 5.82 Å². The van der Waals surface area contributed by atoms with Crippen LogP contribution in [0.3, 0.4) is 0 Å². The van der Waals surface area contributed by atoms with Crippen LogP contribution in [0, 0.1) is 6.92 Å². The Morgan fingerprint density at radius 3 is 2.57 bits per heavy atom. The first-order valence-corrected chi connectivity index (χ1v) is 4.93. The SMILES string of the molecule is Cc1ccc(-c2nc(C=O)ns2)cc1. The maximum Gasteiger partial charge on any atom is 0.206 e. The number of aryl methyl sites for hydroxylation is 1. The third-order valence-electron chi connectivity index (χ3n) is 1.85. The molecular weight excluding hydrogens is 196 g/mol. The Balaban J connectivity index is 2.39. The number of hydrogen-bond donors (Lipinski definition) is 0. The number of benzene rings is 1. The molecule has 0 saturated carbocycles. The first kappa shape index (κ1) is 9.02. The van der Waals surface area contributed by atoms with Gasteiger partial charge in [0, 0.05) is 5.56 Å². The molecule has 70 valence electrons. The Kier molecular flexibility index (Phi) is 2.37. The van der Waals surface area contributed by atoms with Crippen molar-refractivity contribution in [3.63, 3.8) is 0 Å². The minimum Gasteiger partial charge on any atom is -0.294 e. The van der Waals surface area contributed by atoms with Gasteiger partial charge in [-0.25, -0.2) is 4.98 Å². The predicted octanol–water partition coefficient (Wildman–Crippen LogP) is 2.33. The topological polar surface area (TPSA) is 42.9 Å². The van der Waals surface area contributed by atoms with Gasteiger partial charge in [-0.1, -0.05) is 29.8 Å². The summed E-state index contributed by atoms with van der Waals surface area (Å²) in [5, 5.41) is 0.784. The molecule has 0 N–H and O–H groups in total. The molecule has 2 rings (SSSR count). The van der Waals surface area contributed by atoms with E-state index in [0.717, 1.165) is 10.6 Å². The lowest BCUT2D eigenvalue weighted by atomic mass is 10.2. The maximum absolute atomic E-state index is 10.4. The van der Waals surface area contributed by atoms with Gasteiger partial charge in [0.05, 0.1) is 0 Å². The minimum absolute atomic E-state index is 0.255. The zero-order valence-corrected chi connectivity index (χ0v) is 8.41. The Morgan fingerprint density at radius 1 is 1.29 bits per heavy atom. The lowest BCUT2D eigenvalue weighted by Crippen LogP contribution is -1.82. The summed E-state index contributed by atoms with van der Waals surface area (Å²) < 4.78 is 3.90. The van der Waals surface area contributed by atoms with Gasteiger partial charge < -0.3 is 0 Å². The third kappa shape index (κ3) is 1.70. The number of rotatable bonds is 2. The number of carbonyl (C=O) groups is 1. The number of hydrogen-bond acceptors (Lipinski definition) is 4. The second-order valence-corrected chi connectivity index (χ2v) is 3.69. The van der Waals surface area contributed by atoms with Crippen LogP contribution in [0.4, 0.5) is 0 Å². The van der Waals surface area contributed by atoms with Crippen LogP contribution in [0.2, 0.25) is 0 Å². The quantitative estimate of drug-likeness (QED) is 0.705. The number of carbonyl (C=O) groups excluding carboxylic acids is 1. The highest BCUT2D eigenvalue weighted by Crippen LogP contribution is 2.20. The molecule has 0 spiro atoms. The average molecular weight is 204 g/mol. The van der Waals surface area contributed by atoms with Gasteiger partial charge in [0.2, 0.25) is 5.82 Å². The summed E-state index contributed by atoms with van der Waals surface area (Å²) in [6.45, 7) is 2.03. The summed E-state index contributed by atoms with van der Waals surface area (Å²) in [4.78, 5) is 14.5. The van der Waals surface area contributed by atoms with Gasteiger partial charge in [-0.05, 0) is 18.5 Å². The van der Waals surface area contributed by atoms with E-state index < -0.39 is 0 Å². The van der Waals surface area contributed by atoms with Crippen molar-refractivity contribution in [1.29, 1.82) is 0 Å². The summed E-state index contributed by atoms with van der Waals surface area (Å²) in [5.74, 6) is 0.255. The van der Waals surface area contributed by atoms with Crippen molar-refractivity contribution >= 4 is 17.8 Å². The minimum atomic E-state index is 0.255. The highest BCUT2D eigenvalue weighted by atomic mass is 32.1. The Hall–Kier alpha value is -1.55. The molecule has 2 aromatic rings. The van der Waals surface area contributed by atoms with Crippen molar-refractivity contribution in [2.75, 3.05) is 0 Å². The van der Waals surface area contributed by atoms with E-state index in [2.05, 4.69) is 9.36 Å². The van der Waals surface area contributed by atoms with Crippen LogP contribution < -0.4 is 0 Å². The van der Waals surface area contributed by atoms with Crippen molar-refractivity contribution in [3.05, 3.63) is 35.7 Å². The molecule has 0 aliphatic heterocycles. The number of aromatic nitrogens is 2. The van der Waals surface area contributed by atoms with Crippen molar-refractivity contribution in [3.8, 4) is 10.6 Å². The van der Waals surface area contributed by atoms with Crippen LogP contribution in [0.5, 0.6) is 0 Å². The van der Waals surface area contributed by atoms with Gasteiger partial charge >= 0.3 is 0 Å². The van der Waals surface area contributed by atoms with E-state index in [4.69, 9.17) is 0 Å². The fraction of sp³-hybridized carbons (Fsp3) is 0.100. The van der Waals surface area contributed by atoms with Crippen LogP contribution in [0.15, 0.2) is 24.3 Å². The Morgan fingerprint density at radius 2 is 2.00 bits per heavy atom. The Labute approximate surface area is 85.6 Å². The zero-order valence-electron chi connectivity index (χ0n) is 7.60. The molecule has 1 heterocycles. The molecule has 0 unspecified atom stereocenters. The van der Waals surface area contributed by atoms with E-state index in [9.17, 15) is 4.79 Å².